The van der Waals surface area contributed by atoms with Crippen molar-refractivity contribution in [2.45, 2.75) is 58.0 Å². The van der Waals surface area contributed by atoms with Crippen LogP contribution in [0.5, 0.6) is 0 Å². The van der Waals surface area contributed by atoms with Crippen LogP contribution in [0.25, 0.3) is 0 Å². The molecule has 0 aliphatic heterocycles. The molecule has 2 rings (SSSR count). The van der Waals surface area contributed by atoms with Gasteiger partial charge in [-0.3, -0.25) is 9.48 Å². The third-order valence-corrected chi connectivity index (χ3v) is 4.54. The number of anilines is 1. The summed E-state index contributed by atoms with van der Waals surface area (Å²) in [6, 6.07) is 0.400. The number of nitrogens with zero attached hydrogens (tertiary/aromatic N) is 3. The summed E-state index contributed by atoms with van der Waals surface area (Å²) in [6.07, 6.45) is 6.62. The molecule has 23 heavy (non-hydrogen) atoms. The number of carbonyl (C=O) groups is 1. The van der Waals surface area contributed by atoms with Gasteiger partial charge in [-0.05, 0) is 19.8 Å². The molecule has 1 aliphatic rings. The number of hydrogen-bond acceptors (Lipinski definition) is 4. The fourth-order valence-corrected chi connectivity index (χ4v) is 3.42. The minimum absolute atomic E-state index is 0.167. The lowest BCUT2D eigenvalue weighted by molar-refractivity contribution is -0.121. The van der Waals surface area contributed by atoms with Crippen LogP contribution in [0.15, 0.2) is 0 Å². The van der Waals surface area contributed by atoms with Crippen molar-refractivity contribution in [3.8, 4) is 0 Å². The van der Waals surface area contributed by atoms with Crippen molar-refractivity contribution < 1.29 is 4.79 Å². The van der Waals surface area contributed by atoms with Crippen LogP contribution < -0.4 is 15.5 Å². The second kappa shape index (κ2) is 8.34. The summed E-state index contributed by atoms with van der Waals surface area (Å²) in [5.41, 5.74) is 2.24. The molecule has 1 saturated carbocycles. The number of amides is 1. The summed E-state index contributed by atoms with van der Waals surface area (Å²) in [7, 11) is 6.01. The number of aryl methyl sites for hydroxylation is 2. The van der Waals surface area contributed by atoms with Crippen molar-refractivity contribution in [3.05, 3.63) is 11.3 Å². The number of hydrogen-bond donors (Lipinski definition) is 2. The smallest absolute Gasteiger partial charge is 0.221 e. The van der Waals surface area contributed by atoms with E-state index in [-0.39, 0.29) is 5.91 Å². The Morgan fingerprint density at radius 2 is 2.00 bits per heavy atom. The largest absolute Gasteiger partial charge is 0.363 e. The molecular formula is C17H31N5O. The van der Waals surface area contributed by atoms with Gasteiger partial charge < -0.3 is 15.5 Å². The van der Waals surface area contributed by atoms with Gasteiger partial charge in [0.25, 0.3) is 0 Å². The molecule has 0 unspecified atom stereocenters. The maximum atomic E-state index is 12.0. The third-order valence-electron chi connectivity index (χ3n) is 4.54. The topological polar surface area (TPSA) is 62.2 Å². The van der Waals surface area contributed by atoms with E-state index in [9.17, 15) is 4.79 Å². The fourth-order valence-electron chi connectivity index (χ4n) is 3.42. The Labute approximate surface area is 139 Å². The lowest BCUT2D eigenvalue weighted by atomic mass is 9.95. The van der Waals surface area contributed by atoms with Crippen LogP contribution in [0, 0.1) is 6.92 Å². The Hall–Kier alpha value is -1.56. The van der Waals surface area contributed by atoms with Crippen molar-refractivity contribution in [1.82, 2.24) is 20.4 Å². The summed E-state index contributed by atoms with van der Waals surface area (Å²) in [6.45, 7) is 3.46. The van der Waals surface area contributed by atoms with E-state index in [1.165, 1.54) is 24.8 Å². The predicted octanol–water partition coefficient (Wildman–Crippen LogP) is 1.72. The van der Waals surface area contributed by atoms with Crippen LogP contribution in [-0.2, 0) is 18.4 Å². The first-order chi connectivity index (χ1) is 11.0. The lowest BCUT2D eigenvalue weighted by Gasteiger charge is -2.22. The molecule has 0 saturated heterocycles. The maximum absolute atomic E-state index is 12.0. The van der Waals surface area contributed by atoms with Gasteiger partial charge in [-0.15, -0.1) is 0 Å². The standard InChI is InChI=1S/C17H31N5O/c1-13-15(17(21(2)3)22(4)20-13)12-18-11-10-16(23)19-14-8-6-5-7-9-14/h14,18H,5-12H2,1-4H3,(H,19,23). The van der Waals surface area contributed by atoms with Crippen molar-refractivity contribution in [2.24, 2.45) is 7.05 Å². The lowest BCUT2D eigenvalue weighted by Crippen LogP contribution is -2.37. The van der Waals surface area contributed by atoms with Gasteiger partial charge in [0.15, 0.2) is 0 Å². The fraction of sp³-hybridized carbons (Fsp3) is 0.765. The van der Waals surface area contributed by atoms with E-state index in [1.54, 1.807) is 0 Å². The summed E-state index contributed by atoms with van der Waals surface area (Å²) in [5.74, 6) is 1.28. The van der Waals surface area contributed by atoms with Gasteiger partial charge in [-0.25, -0.2) is 0 Å². The average Bonchev–Trinajstić information content (AvgIpc) is 2.78. The van der Waals surface area contributed by atoms with E-state index in [1.807, 2.05) is 32.7 Å². The molecular weight excluding hydrogens is 290 g/mol. The molecule has 2 N–H and O–H groups in total. The Morgan fingerprint density at radius 3 is 2.65 bits per heavy atom. The maximum Gasteiger partial charge on any atom is 0.221 e. The predicted molar refractivity (Wildman–Crippen MR) is 93.6 cm³/mol. The minimum atomic E-state index is 0.167. The van der Waals surface area contributed by atoms with Crippen LogP contribution in [0.1, 0.15) is 49.8 Å². The van der Waals surface area contributed by atoms with Crippen LogP contribution in [0.4, 0.5) is 5.82 Å². The molecule has 0 spiro atoms. The second-order valence-electron chi connectivity index (χ2n) is 6.73. The number of carbonyl (C=O) groups excluding carboxylic acids is 1. The first-order valence-corrected chi connectivity index (χ1v) is 8.69. The SMILES string of the molecule is Cc1nn(C)c(N(C)C)c1CNCCC(=O)NC1CCCCC1. The number of aromatic nitrogens is 2. The molecule has 130 valence electrons. The highest BCUT2D eigenvalue weighted by molar-refractivity contribution is 5.76. The minimum Gasteiger partial charge on any atom is -0.363 e. The van der Waals surface area contributed by atoms with Crippen LogP contribution >= 0.6 is 0 Å². The zero-order valence-corrected chi connectivity index (χ0v) is 15.0. The van der Waals surface area contributed by atoms with E-state index < -0.39 is 0 Å². The second-order valence-corrected chi connectivity index (χ2v) is 6.73. The highest BCUT2D eigenvalue weighted by Crippen LogP contribution is 2.21. The summed E-state index contributed by atoms with van der Waals surface area (Å²) >= 11 is 0. The molecule has 1 aromatic heterocycles. The number of rotatable bonds is 7. The first kappa shape index (κ1) is 17.8. The van der Waals surface area contributed by atoms with E-state index in [0.717, 1.165) is 30.9 Å². The monoisotopic (exact) mass is 321 g/mol. The van der Waals surface area contributed by atoms with Crippen molar-refractivity contribution in [1.29, 1.82) is 0 Å². The quantitative estimate of drug-likeness (QED) is 0.751. The molecule has 1 fully saturated rings. The van der Waals surface area contributed by atoms with E-state index in [4.69, 9.17) is 0 Å². The highest BCUT2D eigenvalue weighted by atomic mass is 16.1. The van der Waals surface area contributed by atoms with Crippen LogP contribution in [0.2, 0.25) is 0 Å². The molecule has 0 radical (unpaired) electrons. The van der Waals surface area contributed by atoms with Crippen molar-refractivity contribution in [2.75, 3.05) is 25.5 Å². The Kier molecular flexibility index (Phi) is 6.45. The molecule has 0 atom stereocenters. The summed E-state index contributed by atoms with van der Waals surface area (Å²) in [5, 5.41) is 11.0. The third kappa shape index (κ3) is 4.96. The highest BCUT2D eigenvalue weighted by Gasteiger charge is 2.16. The molecule has 1 aromatic rings. The summed E-state index contributed by atoms with van der Waals surface area (Å²) < 4.78 is 1.90. The van der Waals surface area contributed by atoms with E-state index >= 15 is 0 Å². The first-order valence-electron chi connectivity index (χ1n) is 8.69. The number of nitrogens with one attached hydrogen (secondary N) is 2. The van der Waals surface area contributed by atoms with Gasteiger partial charge in [0.2, 0.25) is 5.91 Å². The Bertz CT molecular complexity index is 517. The molecule has 6 nitrogen and oxygen atoms in total. The Morgan fingerprint density at radius 1 is 1.30 bits per heavy atom. The normalized spacial score (nSPS) is 15.7. The zero-order chi connectivity index (χ0) is 16.8. The van der Waals surface area contributed by atoms with Gasteiger partial charge in [-0.2, -0.15) is 5.10 Å². The van der Waals surface area contributed by atoms with Gasteiger partial charge >= 0.3 is 0 Å². The van der Waals surface area contributed by atoms with Crippen LogP contribution in [-0.4, -0.2) is 42.4 Å². The van der Waals surface area contributed by atoms with Gasteiger partial charge in [0.05, 0.1) is 5.69 Å². The van der Waals surface area contributed by atoms with Gasteiger partial charge in [0.1, 0.15) is 5.82 Å². The van der Waals surface area contributed by atoms with E-state index in [2.05, 4.69) is 20.6 Å². The van der Waals surface area contributed by atoms with E-state index in [0.29, 0.717) is 19.0 Å². The van der Waals surface area contributed by atoms with Crippen LogP contribution in [0.3, 0.4) is 0 Å². The van der Waals surface area contributed by atoms with Gasteiger partial charge in [0, 0.05) is 52.3 Å². The molecule has 0 aromatic carbocycles. The zero-order valence-electron chi connectivity index (χ0n) is 15.0. The van der Waals surface area contributed by atoms with Crippen molar-refractivity contribution in [3.63, 3.8) is 0 Å². The van der Waals surface area contributed by atoms with Gasteiger partial charge in [-0.1, -0.05) is 19.3 Å². The average molecular weight is 321 g/mol. The van der Waals surface area contributed by atoms with Crippen molar-refractivity contribution >= 4 is 11.7 Å². The molecule has 1 heterocycles. The molecule has 1 aliphatic carbocycles. The molecule has 1 amide bonds. The molecule has 0 bridgehead atoms. The Balaban J connectivity index is 1.74. The summed E-state index contributed by atoms with van der Waals surface area (Å²) in [4.78, 5) is 14.1. The molecule has 6 heteroatoms.